The van der Waals surface area contributed by atoms with Crippen molar-refractivity contribution in [1.29, 1.82) is 0 Å². The molecule has 1 aromatic rings. The molecule has 4 heteroatoms. The molecule has 0 saturated carbocycles. The first kappa shape index (κ1) is 15.5. The molecule has 3 atom stereocenters. The molecule has 1 aliphatic rings. The van der Waals surface area contributed by atoms with E-state index in [0.29, 0.717) is 6.04 Å². The van der Waals surface area contributed by atoms with Gasteiger partial charge in [0.25, 0.3) is 0 Å². The summed E-state index contributed by atoms with van der Waals surface area (Å²) in [5.41, 5.74) is 0.0359. The summed E-state index contributed by atoms with van der Waals surface area (Å²) >= 11 is 0. The van der Waals surface area contributed by atoms with Crippen LogP contribution in [0.3, 0.4) is 0 Å². The Morgan fingerprint density at radius 1 is 1.50 bits per heavy atom. The van der Waals surface area contributed by atoms with Crippen LogP contribution in [0.1, 0.15) is 44.9 Å². The molecule has 2 heterocycles. The Hall–Kier alpha value is -0.840. The molecule has 0 bridgehead atoms. The molecule has 1 saturated heterocycles. The summed E-state index contributed by atoms with van der Waals surface area (Å²) in [4.78, 5) is 2.20. The minimum atomic E-state index is 0.0359. The van der Waals surface area contributed by atoms with Gasteiger partial charge in [-0.25, -0.2) is 0 Å². The second kappa shape index (κ2) is 6.74. The standard InChI is InChI=1S/C16H28N2O2/c1-5-16(2)11-13(8-10-20-16)17-12-14(18(3)4)15-7-6-9-19-15/h6-7,9,13-14,17H,5,8,10-12H2,1-4H3. The second-order valence-electron chi connectivity index (χ2n) is 6.24. The van der Waals surface area contributed by atoms with Crippen molar-refractivity contribution < 1.29 is 9.15 Å². The summed E-state index contributed by atoms with van der Waals surface area (Å²) in [5.74, 6) is 1.02. The van der Waals surface area contributed by atoms with E-state index in [4.69, 9.17) is 9.15 Å². The van der Waals surface area contributed by atoms with E-state index in [9.17, 15) is 0 Å². The van der Waals surface area contributed by atoms with Crippen LogP contribution in [-0.2, 0) is 4.74 Å². The molecule has 1 aliphatic heterocycles. The number of hydrogen-bond acceptors (Lipinski definition) is 4. The lowest BCUT2D eigenvalue weighted by Crippen LogP contribution is -2.46. The van der Waals surface area contributed by atoms with E-state index < -0.39 is 0 Å². The van der Waals surface area contributed by atoms with E-state index in [1.807, 2.05) is 12.1 Å². The van der Waals surface area contributed by atoms with Gasteiger partial charge in [-0.15, -0.1) is 0 Å². The van der Waals surface area contributed by atoms with Crippen molar-refractivity contribution in [2.75, 3.05) is 27.2 Å². The Balaban J connectivity index is 1.90. The lowest BCUT2D eigenvalue weighted by Gasteiger charge is -2.38. The van der Waals surface area contributed by atoms with E-state index >= 15 is 0 Å². The minimum absolute atomic E-state index is 0.0359. The van der Waals surface area contributed by atoms with Crippen LogP contribution in [0.15, 0.2) is 22.8 Å². The van der Waals surface area contributed by atoms with E-state index in [1.165, 1.54) is 0 Å². The lowest BCUT2D eigenvalue weighted by molar-refractivity contribution is -0.0783. The third kappa shape index (κ3) is 3.84. The molecule has 20 heavy (non-hydrogen) atoms. The van der Waals surface area contributed by atoms with Gasteiger partial charge in [0.05, 0.1) is 17.9 Å². The van der Waals surface area contributed by atoms with Gasteiger partial charge in [-0.1, -0.05) is 6.92 Å². The normalized spacial score (nSPS) is 28.8. The first-order chi connectivity index (χ1) is 9.54. The molecule has 1 fully saturated rings. The van der Waals surface area contributed by atoms with Crippen molar-refractivity contribution in [2.24, 2.45) is 0 Å². The zero-order chi connectivity index (χ0) is 14.6. The summed E-state index contributed by atoms with van der Waals surface area (Å²) in [5, 5.41) is 3.70. The zero-order valence-electron chi connectivity index (χ0n) is 13.2. The molecule has 0 spiro atoms. The molecule has 0 radical (unpaired) electrons. The lowest BCUT2D eigenvalue weighted by atomic mass is 9.90. The predicted molar refractivity (Wildman–Crippen MR) is 80.8 cm³/mol. The van der Waals surface area contributed by atoms with Crippen LogP contribution in [0.4, 0.5) is 0 Å². The molecule has 1 aromatic heterocycles. The number of furan rings is 1. The SMILES string of the molecule is CCC1(C)CC(NCC(c2ccco2)N(C)C)CCO1. The summed E-state index contributed by atoms with van der Waals surface area (Å²) in [6.45, 7) is 6.19. The highest BCUT2D eigenvalue weighted by molar-refractivity contribution is 5.05. The van der Waals surface area contributed by atoms with E-state index in [2.05, 4.69) is 38.2 Å². The maximum absolute atomic E-state index is 5.90. The molecule has 4 nitrogen and oxygen atoms in total. The Labute approximate surface area is 122 Å². The molecule has 0 aromatic carbocycles. The van der Waals surface area contributed by atoms with Gasteiger partial charge in [0.2, 0.25) is 0 Å². The van der Waals surface area contributed by atoms with Crippen molar-refractivity contribution in [3.63, 3.8) is 0 Å². The number of nitrogens with one attached hydrogen (secondary N) is 1. The van der Waals surface area contributed by atoms with Crippen molar-refractivity contribution in [3.8, 4) is 0 Å². The number of ether oxygens (including phenoxy) is 1. The average Bonchev–Trinajstić information content (AvgIpc) is 2.93. The van der Waals surface area contributed by atoms with Crippen LogP contribution in [-0.4, -0.2) is 43.8 Å². The fourth-order valence-corrected chi connectivity index (χ4v) is 2.85. The van der Waals surface area contributed by atoms with E-state index in [-0.39, 0.29) is 11.6 Å². The third-order valence-electron chi connectivity index (χ3n) is 4.44. The second-order valence-corrected chi connectivity index (χ2v) is 6.24. The molecule has 114 valence electrons. The summed E-state index contributed by atoms with van der Waals surface area (Å²) in [6.07, 6.45) is 4.99. The van der Waals surface area contributed by atoms with Gasteiger partial charge < -0.3 is 14.5 Å². The molecule has 0 amide bonds. The maximum Gasteiger partial charge on any atom is 0.122 e. The number of nitrogens with zero attached hydrogens (tertiary/aromatic N) is 1. The highest BCUT2D eigenvalue weighted by atomic mass is 16.5. The van der Waals surface area contributed by atoms with Crippen LogP contribution in [0.25, 0.3) is 0 Å². The maximum atomic E-state index is 5.90. The highest BCUT2D eigenvalue weighted by Gasteiger charge is 2.32. The number of likely N-dealkylation sites (N-methyl/N-ethyl adjacent to an activating group) is 1. The van der Waals surface area contributed by atoms with Crippen molar-refractivity contribution in [1.82, 2.24) is 10.2 Å². The molecule has 2 rings (SSSR count). The molecule has 0 aliphatic carbocycles. The van der Waals surface area contributed by atoms with Gasteiger partial charge in [0.1, 0.15) is 5.76 Å². The van der Waals surface area contributed by atoms with Gasteiger partial charge in [0.15, 0.2) is 0 Å². The monoisotopic (exact) mass is 280 g/mol. The summed E-state index contributed by atoms with van der Waals surface area (Å²) in [6, 6.07) is 4.81. The predicted octanol–water partition coefficient (Wildman–Crippen LogP) is 2.82. The Bertz CT molecular complexity index is 391. The third-order valence-corrected chi connectivity index (χ3v) is 4.44. The van der Waals surface area contributed by atoms with Crippen LogP contribution in [0, 0.1) is 0 Å². The zero-order valence-corrected chi connectivity index (χ0v) is 13.2. The van der Waals surface area contributed by atoms with Gasteiger partial charge in [-0.05, 0) is 52.4 Å². The Morgan fingerprint density at radius 2 is 2.30 bits per heavy atom. The molecular formula is C16H28N2O2. The smallest absolute Gasteiger partial charge is 0.122 e. The first-order valence-electron chi connectivity index (χ1n) is 7.61. The molecule has 1 N–H and O–H groups in total. The van der Waals surface area contributed by atoms with Crippen molar-refractivity contribution >= 4 is 0 Å². The number of rotatable bonds is 6. The fourth-order valence-electron chi connectivity index (χ4n) is 2.85. The quantitative estimate of drug-likeness (QED) is 0.869. The Kier molecular flexibility index (Phi) is 5.24. The largest absolute Gasteiger partial charge is 0.468 e. The van der Waals surface area contributed by atoms with E-state index in [1.54, 1.807) is 6.26 Å². The topological polar surface area (TPSA) is 37.6 Å². The van der Waals surface area contributed by atoms with Crippen LogP contribution < -0.4 is 5.32 Å². The number of hydrogen-bond donors (Lipinski definition) is 1. The van der Waals surface area contributed by atoms with Crippen LogP contribution in [0.2, 0.25) is 0 Å². The fraction of sp³-hybridized carbons (Fsp3) is 0.750. The van der Waals surface area contributed by atoms with Gasteiger partial charge >= 0.3 is 0 Å². The van der Waals surface area contributed by atoms with Gasteiger partial charge in [-0.3, -0.25) is 4.90 Å². The van der Waals surface area contributed by atoms with Crippen molar-refractivity contribution in [2.45, 2.75) is 50.8 Å². The van der Waals surface area contributed by atoms with Gasteiger partial charge in [0, 0.05) is 19.2 Å². The Morgan fingerprint density at radius 3 is 2.90 bits per heavy atom. The molecule has 3 unspecified atom stereocenters. The average molecular weight is 280 g/mol. The van der Waals surface area contributed by atoms with E-state index in [0.717, 1.165) is 38.2 Å². The minimum Gasteiger partial charge on any atom is -0.468 e. The first-order valence-corrected chi connectivity index (χ1v) is 7.61. The summed E-state index contributed by atoms with van der Waals surface area (Å²) in [7, 11) is 4.18. The van der Waals surface area contributed by atoms with Crippen LogP contribution >= 0.6 is 0 Å². The van der Waals surface area contributed by atoms with Crippen LogP contribution in [0.5, 0.6) is 0 Å². The molecular weight excluding hydrogens is 252 g/mol. The summed E-state index contributed by atoms with van der Waals surface area (Å²) < 4.78 is 11.5. The van der Waals surface area contributed by atoms with Gasteiger partial charge in [-0.2, -0.15) is 0 Å². The van der Waals surface area contributed by atoms with Crippen molar-refractivity contribution in [3.05, 3.63) is 24.2 Å². The highest BCUT2D eigenvalue weighted by Crippen LogP contribution is 2.28.